The maximum absolute atomic E-state index is 12.2. The van der Waals surface area contributed by atoms with E-state index in [9.17, 15) is 19.7 Å². The number of hydrogen-bond donors (Lipinski definition) is 0. The van der Waals surface area contributed by atoms with Crippen LogP contribution >= 0.6 is 0 Å². The first kappa shape index (κ1) is 19.6. The molecule has 1 aromatic rings. The van der Waals surface area contributed by atoms with Gasteiger partial charge in [-0.3, -0.25) is 14.9 Å². The van der Waals surface area contributed by atoms with Gasteiger partial charge in [0.15, 0.2) is 6.61 Å². The average molecular weight is 360 g/mol. The zero-order valence-corrected chi connectivity index (χ0v) is 15.1. The lowest BCUT2D eigenvalue weighted by molar-refractivity contribution is -0.384. The molecule has 0 N–H and O–H groups in total. The van der Waals surface area contributed by atoms with E-state index in [1.807, 2.05) is 0 Å². The maximum atomic E-state index is 12.2. The molecular formula is C19H24N2O5. The predicted octanol–water partition coefficient (Wildman–Crippen LogP) is 3.19. The van der Waals surface area contributed by atoms with Crippen molar-refractivity contribution in [2.24, 2.45) is 5.92 Å². The summed E-state index contributed by atoms with van der Waals surface area (Å²) in [6, 6.07) is 5.99. The van der Waals surface area contributed by atoms with Crippen LogP contribution < -0.4 is 0 Å². The van der Waals surface area contributed by atoms with E-state index in [0.717, 1.165) is 25.7 Å². The molecule has 0 bridgehead atoms. The molecule has 1 fully saturated rings. The first-order chi connectivity index (χ1) is 12.4. The number of non-ortho nitro benzene ring substituents is 1. The zero-order valence-electron chi connectivity index (χ0n) is 15.1. The van der Waals surface area contributed by atoms with Crippen molar-refractivity contribution in [2.45, 2.75) is 38.6 Å². The van der Waals surface area contributed by atoms with E-state index >= 15 is 0 Å². The van der Waals surface area contributed by atoms with E-state index < -0.39 is 10.9 Å². The molecule has 7 nitrogen and oxygen atoms in total. The number of benzene rings is 1. The van der Waals surface area contributed by atoms with Gasteiger partial charge in [0, 0.05) is 31.3 Å². The van der Waals surface area contributed by atoms with E-state index in [0.29, 0.717) is 11.5 Å². The zero-order chi connectivity index (χ0) is 19.1. The van der Waals surface area contributed by atoms with Gasteiger partial charge >= 0.3 is 5.97 Å². The standard InChI is InChI=1S/C19H24N2O5/c1-14-3-8-16(9-4-14)20(2)18(22)13-26-19(23)12-7-15-5-10-17(11-6-15)21(24)25/h5-7,10-12,14,16H,3-4,8-9,13H2,1-2H3/b12-7+. The minimum atomic E-state index is -0.623. The molecule has 0 spiro atoms. The van der Waals surface area contributed by atoms with Crippen molar-refractivity contribution < 1.29 is 19.2 Å². The van der Waals surface area contributed by atoms with Gasteiger partial charge in [0.1, 0.15) is 0 Å². The topological polar surface area (TPSA) is 89.8 Å². The van der Waals surface area contributed by atoms with Crippen LogP contribution in [0.4, 0.5) is 5.69 Å². The maximum Gasteiger partial charge on any atom is 0.331 e. The number of hydrogen-bond acceptors (Lipinski definition) is 5. The number of likely N-dealkylation sites (N-methyl/N-ethyl adjacent to an activating group) is 1. The Labute approximate surface area is 152 Å². The molecule has 1 saturated carbocycles. The summed E-state index contributed by atoms with van der Waals surface area (Å²) < 4.78 is 5.00. The first-order valence-corrected chi connectivity index (χ1v) is 8.71. The Morgan fingerprint density at radius 2 is 1.85 bits per heavy atom. The predicted molar refractivity (Wildman–Crippen MR) is 97.3 cm³/mol. The molecule has 0 aliphatic heterocycles. The van der Waals surface area contributed by atoms with Gasteiger partial charge < -0.3 is 9.64 Å². The van der Waals surface area contributed by atoms with E-state index in [-0.39, 0.29) is 24.2 Å². The van der Waals surface area contributed by atoms with Crippen molar-refractivity contribution in [2.75, 3.05) is 13.7 Å². The molecule has 1 aromatic carbocycles. The van der Waals surface area contributed by atoms with Crippen molar-refractivity contribution in [3.8, 4) is 0 Å². The molecule has 26 heavy (non-hydrogen) atoms. The normalized spacial score (nSPS) is 19.9. The van der Waals surface area contributed by atoms with Gasteiger partial charge in [-0.1, -0.05) is 6.92 Å². The highest BCUT2D eigenvalue weighted by molar-refractivity contribution is 5.89. The fourth-order valence-corrected chi connectivity index (χ4v) is 2.99. The second kappa shape index (κ2) is 9.12. The van der Waals surface area contributed by atoms with Gasteiger partial charge in [0.05, 0.1) is 4.92 Å². The summed E-state index contributed by atoms with van der Waals surface area (Å²) >= 11 is 0. The quantitative estimate of drug-likeness (QED) is 0.336. The molecule has 0 aromatic heterocycles. The third kappa shape index (κ3) is 5.68. The Kier molecular flexibility index (Phi) is 6.89. The summed E-state index contributed by atoms with van der Waals surface area (Å²) in [5, 5.41) is 10.6. The van der Waals surface area contributed by atoms with Gasteiger partial charge in [-0.2, -0.15) is 0 Å². The number of esters is 1. The second-order valence-electron chi connectivity index (χ2n) is 6.71. The Hall–Kier alpha value is -2.70. The van der Waals surface area contributed by atoms with Crippen molar-refractivity contribution in [1.82, 2.24) is 4.90 Å². The Morgan fingerprint density at radius 1 is 1.23 bits per heavy atom. The number of carbonyl (C=O) groups is 2. The first-order valence-electron chi connectivity index (χ1n) is 8.71. The number of rotatable bonds is 6. The third-order valence-electron chi connectivity index (χ3n) is 4.78. The average Bonchev–Trinajstić information content (AvgIpc) is 2.64. The Bertz CT molecular complexity index is 676. The van der Waals surface area contributed by atoms with Crippen LogP contribution in [0.1, 0.15) is 38.2 Å². The lowest BCUT2D eigenvalue weighted by Crippen LogP contribution is -2.41. The number of nitro groups is 1. The van der Waals surface area contributed by atoms with E-state index in [1.165, 1.54) is 36.4 Å². The van der Waals surface area contributed by atoms with Crippen LogP contribution in [0.3, 0.4) is 0 Å². The van der Waals surface area contributed by atoms with Gasteiger partial charge in [0.25, 0.3) is 11.6 Å². The fourth-order valence-electron chi connectivity index (χ4n) is 2.99. The largest absolute Gasteiger partial charge is 0.452 e. The highest BCUT2D eigenvalue weighted by atomic mass is 16.6. The second-order valence-corrected chi connectivity index (χ2v) is 6.71. The monoisotopic (exact) mass is 360 g/mol. The molecular weight excluding hydrogens is 336 g/mol. The van der Waals surface area contributed by atoms with E-state index in [2.05, 4.69) is 6.92 Å². The molecule has 0 heterocycles. The summed E-state index contributed by atoms with van der Waals surface area (Å²) in [6.07, 6.45) is 6.88. The molecule has 1 aliphatic carbocycles. The van der Waals surface area contributed by atoms with Crippen molar-refractivity contribution in [3.63, 3.8) is 0 Å². The molecule has 0 unspecified atom stereocenters. The van der Waals surface area contributed by atoms with Crippen molar-refractivity contribution in [3.05, 3.63) is 46.0 Å². The Morgan fingerprint density at radius 3 is 2.42 bits per heavy atom. The van der Waals surface area contributed by atoms with Crippen LogP contribution in [0.25, 0.3) is 6.08 Å². The Balaban J connectivity index is 1.78. The number of carbonyl (C=O) groups excluding carboxylic acids is 2. The number of amides is 1. The van der Waals surface area contributed by atoms with Crippen LogP contribution in [0.2, 0.25) is 0 Å². The highest BCUT2D eigenvalue weighted by Gasteiger charge is 2.25. The lowest BCUT2D eigenvalue weighted by Gasteiger charge is -2.33. The fraction of sp³-hybridized carbons (Fsp3) is 0.474. The third-order valence-corrected chi connectivity index (χ3v) is 4.78. The number of nitro benzene ring substituents is 1. The van der Waals surface area contributed by atoms with Crippen LogP contribution in [0.5, 0.6) is 0 Å². The highest BCUT2D eigenvalue weighted by Crippen LogP contribution is 2.26. The van der Waals surface area contributed by atoms with Crippen LogP contribution in [0.15, 0.2) is 30.3 Å². The van der Waals surface area contributed by atoms with E-state index in [1.54, 1.807) is 11.9 Å². The molecule has 1 amide bonds. The van der Waals surface area contributed by atoms with Gasteiger partial charge in [-0.05, 0) is 55.4 Å². The molecule has 2 rings (SSSR count). The van der Waals surface area contributed by atoms with Gasteiger partial charge in [-0.25, -0.2) is 4.79 Å². The summed E-state index contributed by atoms with van der Waals surface area (Å²) in [7, 11) is 1.75. The minimum absolute atomic E-state index is 0.0181. The molecule has 0 saturated heterocycles. The summed E-state index contributed by atoms with van der Waals surface area (Å²) in [4.78, 5) is 35.7. The number of nitrogens with zero attached hydrogens (tertiary/aromatic N) is 2. The summed E-state index contributed by atoms with van der Waals surface area (Å²) in [6.45, 7) is 1.93. The molecule has 7 heteroatoms. The summed E-state index contributed by atoms with van der Waals surface area (Å²) in [5.74, 6) is -0.124. The lowest BCUT2D eigenvalue weighted by atomic mass is 9.87. The molecule has 0 atom stereocenters. The minimum Gasteiger partial charge on any atom is -0.452 e. The van der Waals surface area contributed by atoms with Gasteiger partial charge in [-0.15, -0.1) is 0 Å². The van der Waals surface area contributed by atoms with Crippen LogP contribution in [-0.2, 0) is 14.3 Å². The van der Waals surface area contributed by atoms with Gasteiger partial charge in [0.2, 0.25) is 0 Å². The van der Waals surface area contributed by atoms with Crippen molar-refractivity contribution >= 4 is 23.6 Å². The van der Waals surface area contributed by atoms with Crippen LogP contribution in [0, 0.1) is 16.0 Å². The summed E-state index contributed by atoms with van der Waals surface area (Å²) in [5.41, 5.74) is 0.614. The number of ether oxygens (including phenoxy) is 1. The molecule has 1 aliphatic rings. The molecule has 0 radical (unpaired) electrons. The van der Waals surface area contributed by atoms with E-state index in [4.69, 9.17) is 4.74 Å². The molecule has 140 valence electrons. The smallest absolute Gasteiger partial charge is 0.331 e. The van der Waals surface area contributed by atoms with Crippen LogP contribution in [-0.4, -0.2) is 41.4 Å². The van der Waals surface area contributed by atoms with Crippen molar-refractivity contribution in [1.29, 1.82) is 0 Å². The SMILES string of the molecule is CC1CCC(N(C)C(=O)COC(=O)/C=C/c2ccc([N+](=O)[O-])cc2)CC1.